The Hall–Kier alpha value is -3.64. The fourth-order valence-electron chi connectivity index (χ4n) is 7.96. The molecule has 2 saturated carbocycles. The highest BCUT2D eigenvalue weighted by Crippen LogP contribution is 2.57. The number of aldehydes is 1. The molecule has 8 atom stereocenters. The number of hydrogen-bond donors (Lipinski definition) is 1. The fraction of sp³-hybridized carbons (Fsp3) is 0.686. The zero-order chi connectivity index (χ0) is 34.4. The number of carbonyl (C=O) groups is 3. The van der Waals surface area contributed by atoms with Crippen molar-refractivity contribution in [1.29, 1.82) is 0 Å². The molecule has 1 aromatic carbocycles. The van der Waals surface area contributed by atoms with E-state index >= 15 is 0 Å². The molecule has 13 heteroatoms. The quantitative estimate of drug-likeness (QED) is 0.390. The zero-order valence-corrected chi connectivity index (χ0v) is 27.9. The van der Waals surface area contributed by atoms with Crippen LogP contribution in [0.5, 0.6) is 11.6 Å². The predicted octanol–water partition coefficient (Wildman–Crippen LogP) is 6.04. The van der Waals surface area contributed by atoms with Crippen LogP contribution in [0.25, 0.3) is 11.0 Å². The second-order valence-electron chi connectivity index (χ2n) is 14.9. The maximum atomic E-state index is 14.2. The smallest absolute Gasteiger partial charge is 0.422 e. The topological polar surface area (TPSA) is 120 Å². The highest BCUT2D eigenvalue weighted by molar-refractivity contribution is 5.89. The van der Waals surface area contributed by atoms with Crippen LogP contribution in [-0.4, -0.2) is 76.8 Å². The van der Waals surface area contributed by atoms with Gasteiger partial charge in [0.05, 0.1) is 23.6 Å². The molecule has 1 aromatic heterocycles. The van der Waals surface area contributed by atoms with Gasteiger partial charge in [-0.15, -0.1) is 0 Å². The number of alkyl carbamates (subject to hydrolysis) is 1. The molecule has 2 bridgehead atoms. The summed E-state index contributed by atoms with van der Waals surface area (Å²) in [6, 6.07) is 2.67. The molecule has 2 unspecified atom stereocenters. The number of hydrogen-bond acceptors (Lipinski definition) is 8. The first-order valence-electron chi connectivity index (χ1n) is 17.2. The third-order valence-corrected chi connectivity index (χ3v) is 10.5. The number of ether oxygens (including phenoxy) is 3. The summed E-state index contributed by atoms with van der Waals surface area (Å²) < 4.78 is 56.0. The van der Waals surface area contributed by atoms with Crippen molar-refractivity contribution in [3.8, 4) is 11.6 Å². The summed E-state index contributed by atoms with van der Waals surface area (Å²) in [5, 5.41) is 2.86. The lowest BCUT2D eigenvalue weighted by Gasteiger charge is -2.35. The van der Waals surface area contributed by atoms with E-state index in [0.717, 1.165) is 44.8 Å². The molecule has 6 rings (SSSR count). The molecule has 2 aliphatic carbocycles. The number of benzene rings is 1. The predicted molar refractivity (Wildman–Crippen MR) is 169 cm³/mol. The van der Waals surface area contributed by atoms with Gasteiger partial charge in [0, 0.05) is 12.0 Å². The summed E-state index contributed by atoms with van der Waals surface area (Å²) in [5.74, 6) is 0.871. The molecule has 48 heavy (non-hydrogen) atoms. The molecule has 1 N–H and O–H groups in total. The Morgan fingerprint density at radius 1 is 1.02 bits per heavy atom. The lowest BCUT2D eigenvalue weighted by atomic mass is 9.85. The van der Waals surface area contributed by atoms with Gasteiger partial charge in [-0.3, -0.25) is 4.79 Å². The van der Waals surface area contributed by atoms with Gasteiger partial charge in [-0.25, -0.2) is 14.8 Å². The lowest BCUT2D eigenvalue weighted by molar-refractivity contribution is -0.153. The summed E-state index contributed by atoms with van der Waals surface area (Å²) >= 11 is 0. The molecule has 3 fully saturated rings. The van der Waals surface area contributed by atoms with Crippen molar-refractivity contribution in [3.05, 3.63) is 23.9 Å². The average molecular weight is 675 g/mol. The molecule has 2 amide bonds. The van der Waals surface area contributed by atoms with E-state index in [-0.39, 0.29) is 36.1 Å². The third-order valence-electron chi connectivity index (χ3n) is 10.5. The summed E-state index contributed by atoms with van der Waals surface area (Å²) in [7, 11) is 0. The number of carbonyl (C=O) groups excluding carboxylic acids is 3. The molecule has 2 aromatic rings. The summed E-state index contributed by atoms with van der Waals surface area (Å²) in [5.41, 5.74) is 0.724. The maximum absolute atomic E-state index is 14.2. The highest BCUT2D eigenvalue weighted by atomic mass is 19.4. The van der Waals surface area contributed by atoms with Crippen molar-refractivity contribution in [1.82, 2.24) is 20.2 Å². The van der Waals surface area contributed by atoms with Crippen LogP contribution in [0.15, 0.2) is 18.2 Å². The molecule has 0 radical (unpaired) electrons. The molecule has 4 aliphatic rings. The van der Waals surface area contributed by atoms with Crippen molar-refractivity contribution in [2.45, 2.75) is 110 Å². The van der Waals surface area contributed by atoms with Crippen molar-refractivity contribution < 1.29 is 41.8 Å². The maximum Gasteiger partial charge on any atom is 0.422 e. The van der Waals surface area contributed by atoms with Gasteiger partial charge in [0.15, 0.2) is 6.61 Å². The number of alkyl halides is 3. The Balaban J connectivity index is 1.34. The Labute approximate surface area is 278 Å². The van der Waals surface area contributed by atoms with Crippen LogP contribution < -0.4 is 14.8 Å². The van der Waals surface area contributed by atoms with Gasteiger partial charge in [0.25, 0.3) is 0 Å². The standard InChI is InChI=1S/C35H45F3N4O6/c1-5-21-27(17-43)42-16-29(21)47-31-25(39-24-12-11-20(15-26(24)40-31)46-18-35(36,37)38)10-8-6-7-9-22-23-13-19(23)14-28(22)48-33(45)41-30(32(42)44)34(2,3)4/h11-12,15,17,19,21-23,27-30H,5-10,13-14,16,18H2,1-4H3,(H,41,45)/t19?,21-,22+,23?,27+,28+,29-,30+/m0/s1. The Morgan fingerprint density at radius 2 is 1.81 bits per heavy atom. The van der Waals surface area contributed by atoms with Crippen molar-refractivity contribution in [2.24, 2.45) is 29.1 Å². The number of nitrogens with zero attached hydrogens (tertiary/aromatic N) is 3. The number of fused-ring (bicyclic) bond motifs is 7. The number of rotatable bonds is 4. The van der Waals surface area contributed by atoms with Gasteiger partial charge in [0.2, 0.25) is 11.8 Å². The van der Waals surface area contributed by atoms with Crippen molar-refractivity contribution in [2.75, 3.05) is 13.2 Å². The van der Waals surface area contributed by atoms with E-state index in [4.69, 9.17) is 24.2 Å². The lowest BCUT2D eigenvalue weighted by Crippen LogP contribution is -2.56. The van der Waals surface area contributed by atoms with Crippen LogP contribution in [0.3, 0.4) is 0 Å². The third kappa shape index (κ3) is 7.34. The number of nitrogens with one attached hydrogen (secondary N) is 1. The molecule has 3 heterocycles. The van der Waals surface area contributed by atoms with Crippen LogP contribution in [0.4, 0.5) is 18.0 Å². The van der Waals surface area contributed by atoms with Gasteiger partial charge < -0.3 is 29.2 Å². The molecular weight excluding hydrogens is 629 g/mol. The Morgan fingerprint density at radius 3 is 2.52 bits per heavy atom. The van der Waals surface area contributed by atoms with Crippen LogP contribution in [0, 0.1) is 29.1 Å². The van der Waals surface area contributed by atoms with Crippen molar-refractivity contribution >= 4 is 29.3 Å². The van der Waals surface area contributed by atoms with Gasteiger partial charge in [-0.2, -0.15) is 13.2 Å². The van der Waals surface area contributed by atoms with E-state index < -0.39 is 48.4 Å². The number of aromatic nitrogens is 2. The average Bonchev–Trinajstić information content (AvgIpc) is 3.57. The minimum Gasteiger partial charge on any atom is -0.484 e. The van der Waals surface area contributed by atoms with Crippen LogP contribution in [0.2, 0.25) is 0 Å². The van der Waals surface area contributed by atoms with Gasteiger partial charge in [-0.1, -0.05) is 40.5 Å². The minimum absolute atomic E-state index is 0.00160. The van der Waals surface area contributed by atoms with Crippen LogP contribution >= 0.6 is 0 Å². The second kappa shape index (κ2) is 13.3. The first-order valence-corrected chi connectivity index (χ1v) is 17.2. The number of aryl methyl sites for hydroxylation is 1. The normalized spacial score (nSPS) is 31.4. The summed E-state index contributed by atoms with van der Waals surface area (Å²) in [6.07, 6.45) is 1.50. The first kappa shape index (κ1) is 34.2. The van der Waals surface area contributed by atoms with E-state index in [2.05, 4.69) is 5.32 Å². The molecule has 0 spiro atoms. The minimum atomic E-state index is -4.49. The number of amides is 2. The monoisotopic (exact) mass is 674 g/mol. The summed E-state index contributed by atoms with van der Waals surface area (Å²) in [6.45, 7) is 6.13. The zero-order valence-electron chi connectivity index (χ0n) is 27.9. The van der Waals surface area contributed by atoms with Crippen molar-refractivity contribution in [3.63, 3.8) is 0 Å². The van der Waals surface area contributed by atoms with Gasteiger partial charge >= 0.3 is 12.3 Å². The van der Waals surface area contributed by atoms with E-state index in [0.29, 0.717) is 41.4 Å². The molecule has 2 aliphatic heterocycles. The van der Waals surface area contributed by atoms with E-state index in [9.17, 15) is 27.6 Å². The van der Waals surface area contributed by atoms with E-state index in [1.807, 2.05) is 27.7 Å². The van der Waals surface area contributed by atoms with Gasteiger partial charge in [0.1, 0.15) is 36.0 Å². The Bertz CT molecular complexity index is 1530. The van der Waals surface area contributed by atoms with E-state index in [1.165, 1.54) is 17.0 Å². The molecule has 262 valence electrons. The van der Waals surface area contributed by atoms with Crippen LogP contribution in [0.1, 0.15) is 78.3 Å². The summed E-state index contributed by atoms with van der Waals surface area (Å²) in [4.78, 5) is 51.1. The molecular formula is C35H45F3N4O6. The highest BCUT2D eigenvalue weighted by Gasteiger charge is 2.55. The molecule has 1 saturated heterocycles. The second-order valence-corrected chi connectivity index (χ2v) is 14.9. The Kier molecular flexibility index (Phi) is 9.52. The van der Waals surface area contributed by atoms with E-state index in [1.54, 1.807) is 6.07 Å². The van der Waals surface area contributed by atoms with Gasteiger partial charge in [-0.05, 0) is 73.8 Å². The fourth-order valence-corrected chi connectivity index (χ4v) is 7.96. The van der Waals surface area contributed by atoms with Crippen LogP contribution in [-0.2, 0) is 20.7 Å². The SMILES string of the molecule is CC[C@@H]1[C@@H]2CN(C(=O)[C@H](C(C)(C)C)NC(=O)O[C@@H]3CC4CC4[C@H]3CCCCCc3nc4ccc(OCC(F)(F)F)cc4nc3O2)[C@@H]1C=O. The largest absolute Gasteiger partial charge is 0.484 e. The first-order chi connectivity index (χ1) is 22.8. The number of halogens is 3. The molecule has 10 nitrogen and oxygen atoms in total.